The van der Waals surface area contributed by atoms with Crippen LogP contribution in [0.3, 0.4) is 0 Å². The number of benzene rings is 3. The summed E-state index contributed by atoms with van der Waals surface area (Å²) >= 11 is 7.93. The number of carbonyl (C=O) groups is 4. The average molecular weight is 828 g/mol. The Kier molecular flexibility index (Phi) is 9.04. The Labute approximate surface area is 352 Å². The maximum atomic E-state index is 15.2. The fourth-order valence-corrected chi connectivity index (χ4v) is 12.6. The molecule has 4 fully saturated rings. The van der Waals surface area contributed by atoms with Crippen molar-refractivity contribution in [2.75, 3.05) is 18.0 Å². The van der Waals surface area contributed by atoms with Crippen LogP contribution >= 0.6 is 22.9 Å². The van der Waals surface area contributed by atoms with E-state index in [9.17, 15) is 14.7 Å². The van der Waals surface area contributed by atoms with Gasteiger partial charge in [0.1, 0.15) is 17.3 Å². The van der Waals surface area contributed by atoms with Crippen LogP contribution in [0.2, 0.25) is 5.02 Å². The number of hydrogen-bond donors (Lipinski definition) is 1. The smallest absolute Gasteiger partial charge is 0.242 e. The van der Waals surface area contributed by atoms with Gasteiger partial charge in [-0.2, -0.15) is 5.10 Å². The molecule has 5 heterocycles. The number of piperidine rings is 1. The maximum absolute atomic E-state index is 15.2. The summed E-state index contributed by atoms with van der Waals surface area (Å²) in [4.78, 5) is 65.5. The van der Waals surface area contributed by atoms with Gasteiger partial charge in [0.05, 0.1) is 28.0 Å². The first-order valence-electron chi connectivity index (χ1n) is 20.6. The fraction of sp³-hybridized carbons (Fsp3) is 0.383. The Bertz CT molecular complexity index is 2630. The quantitative estimate of drug-likeness (QED) is 0.136. The van der Waals surface area contributed by atoms with E-state index < -0.39 is 35.0 Å². The number of anilines is 1. The van der Waals surface area contributed by atoms with E-state index in [1.165, 1.54) is 10.5 Å². The van der Waals surface area contributed by atoms with E-state index in [0.29, 0.717) is 46.9 Å². The highest BCUT2D eigenvalue weighted by Crippen LogP contribution is 2.64. The van der Waals surface area contributed by atoms with Gasteiger partial charge < -0.3 is 5.11 Å². The first kappa shape index (κ1) is 38.1. The fourth-order valence-electron chi connectivity index (χ4n) is 11.3. The number of amides is 4. The highest BCUT2D eigenvalue weighted by molar-refractivity contribution is 7.22. The highest BCUT2D eigenvalue weighted by atomic mass is 35.5. The molecule has 2 aliphatic carbocycles. The second kappa shape index (κ2) is 14.0. The second-order valence-electron chi connectivity index (χ2n) is 17.4. The summed E-state index contributed by atoms with van der Waals surface area (Å²) in [5, 5.41) is 18.2. The van der Waals surface area contributed by atoms with Gasteiger partial charge in [0.15, 0.2) is 0 Å². The number of aryl methyl sites for hydroxylation is 3. The second-order valence-corrected chi connectivity index (χ2v) is 18.9. The zero-order valence-electron chi connectivity index (χ0n) is 33.5. The Hall–Kier alpha value is -5.10. The molecule has 0 bridgehead atoms. The van der Waals surface area contributed by atoms with Gasteiger partial charge in [-0.25, -0.2) is 4.90 Å². The van der Waals surface area contributed by atoms with Gasteiger partial charge in [0, 0.05) is 60.0 Å². The lowest BCUT2D eigenvalue weighted by Crippen LogP contribution is -2.49. The molecule has 5 aromatic rings. The predicted molar refractivity (Wildman–Crippen MR) is 228 cm³/mol. The molecule has 59 heavy (non-hydrogen) atoms. The van der Waals surface area contributed by atoms with Crippen molar-refractivity contribution in [1.29, 1.82) is 0 Å². The summed E-state index contributed by atoms with van der Waals surface area (Å²) in [6.45, 7) is 8.09. The summed E-state index contributed by atoms with van der Waals surface area (Å²) in [7, 11) is 1.74. The lowest BCUT2D eigenvalue weighted by Gasteiger charge is -2.49. The van der Waals surface area contributed by atoms with Crippen molar-refractivity contribution in [3.05, 3.63) is 112 Å². The van der Waals surface area contributed by atoms with Crippen LogP contribution in [0.5, 0.6) is 5.75 Å². The molecule has 3 aliphatic heterocycles. The lowest BCUT2D eigenvalue weighted by atomic mass is 9.51. The first-order valence-corrected chi connectivity index (χ1v) is 21.8. The van der Waals surface area contributed by atoms with Gasteiger partial charge >= 0.3 is 0 Å². The van der Waals surface area contributed by atoms with Gasteiger partial charge in [-0.05, 0) is 92.6 Å². The minimum absolute atomic E-state index is 0.0701. The van der Waals surface area contributed by atoms with Crippen molar-refractivity contribution in [3.8, 4) is 16.3 Å². The average Bonchev–Trinajstić information content (AvgIpc) is 3.90. The molecule has 0 spiro atoms. The molecule has 3 saturated heterocycles. The third-order valence-electron chi connectivity index (χ3n) is 14.3. The minimum Gasteiger partial charge on any atom is -0.507 e. The molecular weight excluding hydrogens is 782 g/mol. The highest BCUT2D eigenvalue weighted by Gasteiger charge is 2.68. The van der Waals surface area contributed by atoms with E-state index in [4.69, 9.17) is 16.7 Å². The largest absolute Gasteiger partial charge is 0.507 e. The standard InChI is InChI=1S/C47H46ClN5O5S/c1-25-9-8-12-32(41(25)54)40-30-14-15-31-39(45(57)52(43(31)55)29-17-19-51(20-18-29)24-27-10-6-5-7-11-27)34(30)22-35-44(56)53(46(58)47(35,40)3)38-23-36(49-50(38)4)42-26(2)33-21-28(48)13-16-37(33)59-42/h5-14,16,21,23,29,31,34-35,39-40,54H,15,17-20,22,24H2,1-4H3. The zero-order valence-corrected chi connectivity index (χ0v) is 35.1. The number of aromatic nitrogens is 2. The van der Waals surface area contributed by atoms with Gasteiger partial charge in [-0.1, -0.05) is 71.8 Å². The van der Waals surface area contributed by atoms with Crippen LogP contribution in [0.4, 0.5) is 5.82 Å². The molecule has 5 aliphatic rings. The van der Waals surface area contributed by atoms with Crippen molar-refractivity contribution in [2.45, 2.75) is 65.0 Å². The zero-order chi connectivity index (χ0) is 41.1. The number of aromatic hydroxyl groups is 1. The minimum atomic E-state index is -1.29. The number of phenols is 1. The molecule has 302 valence electrons. The van der Waals surface area contributed by atoms with Gasteiger partial charge in [0.2, 0.25) is 23.6 Å². The van der Waals surface area contributed by atoms with Crippen LogP contribution in [0, 0.1) is 42.9 Å². The molecule has 4 amide bonds. The number of para-hydroxylation sites is 1. The molecule has 0 radical (unpaired) electrons. The molecule has 6 unspecified atom stereocenters. The molecule has 1 saturated carbocycles. The summed E-state index contributed by atoms with van der Waals surface area (Å²) < 4.78 is 2.65. The molecule has 12 heteroatoms. The number of nitrogens with zero attached hydrogens (tertiary/aromatic N) is 5. The number of carbonyl (C=O) groups excluding carboxylic acids is 4. The number of fused-ring (bicyclic) bond motifs is 5. The summed E-state index contributed by atoms with van der Waals surface area (Å²) in [5.41, 5.74) is 3.68. The Morgan fingerprint density at radius 2 is 1.68 bits per heavy atom. The lowest BCUT2D eigenvalue weighted by molar-refractivity contribution is -0.144. The topological polar surface area (TPSA) is 116 Å². The molecular formula is C47H46ClN5O5S. The van der Waals surface area contributed by atoms with Crippen LogP contribution in [0.25, 0.3) is 20.7 Å². The number of halogens is 1. The molecule has 6 atom stereocenters. The Morgan fingerprint density at radius 1 is 0.915 bits per heavy atom. The van der Waals surface area contributed by atoms with Crippen molar-refractivity contribution in [3.63, 3.8) is 0 Å². The van der Waals surface area contributed by atoms with Crippen molar-refractivity contribution < 1.29 is 24.3 Å². The number of rotatable bonds is 6. The van der Waals surface area contributed by atoms with Crippen molar-refractivity contribution in [2.24, 2.45) is 36.1 Å². The third-order valence-corrected chi connectivity index (χ3v) is 15.8. The molecule has 10 nitrogen and oxygen atoms in total. The predicted octanol–water partition coefficient (Wildman–Crippen LogP) is 8.17. The van der Waals surface area contributed by atoms with E-state index in [-0.39, 0.29) is 41.8 Å². The number of imide groups is 2. The van der Waals surface area contributed by atoms with Crippen LogP contribution in [0.15, 0.2) is 84.4 Å². The number of allylic oxidation sites excluding steroid dienone is 2. The Balaban J connectivity index is 0.997. The van der Waals surface area contributed by atoms with Gasteiger partial charge in [0.25, 0.3) is 0 Å². The van der Waals surface area contributed by atoms with E-state index in [1.807, 2.05) is 75.4 Å². The van der Waals surface area contributed by atoms with Crippen LogP contribution in [-0.2, 0) is 32.8 Å². The normalized spacial score (nSPS) is 27.4. The number of likely N-dealkylation sites (tertiary alicyclic amines) is 2. The van der Waals surface area contributed by atoms with E-state index in [2.05, 4.69) is 23.1 Å². The van der Waals surface area contributed by atoms with Crippen LogP contribution in [0.1, 0.15) is 60.8 Å². The molecule has 10 rings (SSSR count). The van der Waals surface area contributed by atoms with E-state index in [0.717, 1.165) is 45.7 Å². The number of thiophene rings is 1. The first-order chi connectivity index (χ1) is 28.4. The SMILES string of the molecule is Cc1cccc(C2C3=CCC4C(=O)N(C5CCN(Cc6ccccc6)CC5)C(=O)C4C3CC3C(=O)N(c4cc(-c5sc6ccc(Cl)cc6c5C)nn4C)C(=O)C32C)c1O. The van der Waals surface area contributed by atoms with E-state index in [1.54, 1.807) is 34.0 Å². The third kappa shape index (κ3) is 5.71. The van der Waals surface area contributed by atoms with Crippen LogP contribution < -0.4 is 4.90 Å². The molecule has 3 aromatic carbocycles. The number of phenolic OH excluding ortho intramolecular Hbond substituents is 1. The maximum Gasteiger partial charge on any atom is 0.242 e. The van der Waals surface area contributed by atoms with Gasteiger partial charge in [-0.3, -0.25) is 33.7 Å². The summed E-state index contributed by atoms with van der Waals surface area (Å²) in [5.74, 6) is -3.74. The van der Waals surface area contributed by atoms with Crippen molar-refractivity contribution >= 4 is 62.5 Å². The van der Waals surface area contributed by atoms with Gasteiger partial charge in [-0.15, -0.1) is 11.3 Å². The van der Waals surface area contributed by atoms with Crippen molar-refractivity contribution in [1.82, 2.24) is 19.6 Å². The summed E-state index contributed by atoms with van der Waals surface area (Å²) in [6, 6.07) is 23.2. The number of hydrogen-bond acceptors (Lipinski definition) is 8. The summed E-state index contributed by atoms with van der Waals surface area (Å²) in [6.07, 6.45) is 4.08. The monoisotopic (exact) mass is 827 g/mol. The molecule has 2 aromatic heterocycles. The van der Waals surface area contributed by atoms with Crippen LogP contribution in [-0.4, -0.2) is 67.4 Å². The molecule has 1 N–H and O–H groups in total. The van der Waals surface area contributed by atoms with E-state index >= 15 is 9.59 Å². The Morgan fingerprint density at radius 3 is 2.44 bits per heavy atom.